The Morgan fingerprint density at radius 2 is 1.95 bits per heavy atom. The van der Waals surface area contributed by atoms with E-state index in [4.69, 9.17) is 9.84 Å². The molecule has 0 aromatic heterocycles. The maximum absolute atomic E-state index is 10.7. The van der Waals surface area contributed by atoms with Crippen LogP contribution in [0, 0.1) is 13.8 Å². The monoisotopic (exact) mass is 263 g/mol. The Labute approximate surface area is 114 Å². The topological polar surface area (TPSA) is 49.8 Å². The van der Waals surface area contributed by atoms with Gasteiger partial charge in [-0.2, -0.15) is 0 Å². The fourth-order valence-electron chi connectivity index (χ4n) is 2.08. The van der Waals surface area contributed by atoms with Crippen LogP contribution < -0.4 is 4.74 Å². The van der Waals surface area contributed by atoms with Gasteiger partial charge in [0.1, 0.15) is 5.75 Å². The summed E-state index contributed by atoms with van der Waals surface area (Å²) in [6.45, 7) is 3.98. The zero-order valence-electron chi connectivity index (χ0n) is 12.1. The summed E-state index contributed by atoms with van der Waals surface area (Å²) in [5, 5.41) is 8.77. The van der Waals surface area contributed by atoms with Crippen molar-refractivity contribution in [3.8, 4) is 5.75 Å². The number of hydrogen-bond acceptors (Lipinski definition) is 3. The highest BCUT2D eigenvalue weighted by Crippen LogP contribution is 2.29. The third kappa shape index (κ3) is 3.83. The van der Waals surface area contributed by atoms with Crippen molar-refractivity contribution in [1.29, 1.82) is 0 Å². The summed E-state index contributed by atoms with van der Waals surface area (Å²) in [7, 11) is 5.50. The third-order valence-electron chi connectivity index (χ3n) is 3.08. The molecule has 0 aliphatic heterocycles. The summed E-state index contributed by atoms with van der Waals surface area (Å²) >= 11 is 0. The van der Waals surface area contributed by atoms with Crippen LogP contribution in [0.25, 0.3) is 0 Å². The molecular weight excluding hydrogens is 242 g/mol. The van der Waals surface area contributed by atoms with Crippen LogP contribution in [0.5, 0.6) is 5.75 Å². The van der Waals surface area contributed by atoms with Crippen LogP contribution in [-0.4, -0.2) is 37.2 Å². The molecule has 19 heavy (non-hydrogen) atoms. The van der Waals surface area contributed by atoms with Gasteiger partial charge in [-0.25, -0.2) is 4.79 Å². The van der Waals surface area contributed by atoms with Crippen LogP contribution in [0.1, 0.15) is 22.7 Å². The van der Waals surface area contributed by atoms with E-state index in [0.717, 1.165) is 22.4 Å². The number of benzene rings is 1. The summed E-state index contributed by atoms with van der Waals surface area (Å²) in [4.78, 5) is 12.7. The van der Waals surface area contributed by atoms with Crippen LogP contribution in [0.2, 0.25) is 0 Å². The van der Waals surface area contributed by atoms with Crippen molar-refractivity contribution >= 4 is 5.97 Å². The second-order valence-electron chi connectivity index (χ2n) is 4.78. The first-order valence-corrected chi connectivity index (χ1v) is 6.09. The summed E-state index contributed by atoms with van der Waals surface area (Å²) in [5.74, 6) is -0.0873. The first-order chi connectivity index (χ1) is 8.86. The molecule has 0 bridgehead atoms. The summed E-state index contributed by atoms with van der Waals surface area (Å²) in [6, 6.07) is 3.96. The largest absolute Gasteiger partial charge is 0.496 e. The molecule has 1 rings (SSSR count). The van der Waals surface area contributed by atoms with Crippen molar-refractivity contribution in [1.82, 2.24) is 4.90 Å². The lowest BCUT2D eigenvalue weighted by Gasteiger charge is -2.24. The molecule has 1 N–H and O–H groups in total. The molecule has 1 aromatic rings. The van der Waals surface area contributed by atoms with Gasteiger partial charge < -0.3 is 9.84 Å². The molecule has 0 heterocycles. The molecule has 1 atom stereocenters. The molecular formula is C15H21NO3. The van der Waals surface area contributed by atoms with E-state index in [1.807, 2.05) is 45.0 Å². The lowest BCUT2D eigenvalue weighted by Crippen LogP contribution is -2.19. The number of ether oxygens (including phenoxy) is 1. The van der Waals surface area contributed by atoms with E-state index < -0.39 is 5.97 Å². The predicted molar refractivity (Wildman–Crippen MR) is 75.7 cm³/mol. The quantitative estimate of drug-likeness (QED) is 0.829. The van der Waals surface area contributed by atoms with Crippen molar-refractivity contribution in [3.05, 3.63) is 41.0 Å². The number of rotatable bonds is 5. The minimum atomic E-state index is -0.935. The maximum atomic E-state index is 10.7. The van der Waals surface area contributed by atoms with E-state index in [1.165, 1.54) is 6.08 Å². The van der Waals surface area contributed by atoms with Crippen LogP contribution in [0.3, 0.4) is 0 Å². The molecule has 1 aromatic carbocycles. The average Bonchev–Trinajstić information content (AvgIpc) is 2.32. The normalized spacial score (nSPS) is 12.9. The maximum Gasteiger partial charge on any atom is 0.328 e. The molecule has 4 nitrogen and oxygen atoms in total. The highest BCUT2D eigenvalue weighted by Gasteiger charge is 2.15. The Kier molecular flexibility index (Phi) is 5.12. The molecule has 0 saturated carbocycles. The SMILES string of the molecule is COc1cc(C)c(C(/C=C/C(=O)O)N(C)C)cc1C. The van der Waals surface area contributed by atoms with Crippen LogP contribution in [0.15, 0.2) is 24.3 Å². The Bertz CT molecular complexity index is 492. The van der Waals surface area contributed by atoms with Gasteiger partial charge in [-0.05, 0) is 50.7 Å². The summed E-state index contributed by atoms with van der Waals surface area (Å²) in [6.07, 6.45) is 2.88. The molecule has 104 valence electrons. The fourth-order valence-corrected chi connectivity index (χ4v) is 2.08. The van der Waals surface area contributed by atoms with E-state index in [2.05, 4.69) is 0 Å². The Morgan fingerprint density at radius 1 is 1.32 bits per heavy atom. The predicted octanol–water partition coefficient (Wildman–Crippen LogP) is 2.56. The van der Waals surface area contributed by atoms with Gasteiger partial charge in [0.15, 0.2) is 0 Å². The van der Waals surface area contributed by atoms with Gasteiger partial charge in [-0.15, -0.1) is 0 Å². The summed E-state index contributed by atoms with van der Waals surface area (Å²) in [5.41, 5.74) is 3.20. The minimum absolute atomic E-state index is 0.0688. The van der Waals surface area contributed by atoms with Crippen molar-refractivity contribution in [3.63, 3.8) is 0 Å². The zero-order valence-corrected chi connectivity index (χ0v) is 12.1. The molecule has 0 spiro atoms. The van der Waals surface area contributed by atoms with Crippen LogP contribution in [-0.2, 0) is 4.79 Å². The average molecular weight is 263 g/mol. The number of nitrogens with zero attached hydrogens (tertiary/aromatic N) is 1. The van der Waals surface area contributed by atoms with Gasteiger partial charge >= 0.3 is 5.97 Å². The second kappa shape index (κ2) is 6.38. The van der Waals surface area contributed by atoms with E-state index in [0.29, 0.717) is 0 Å². The van der Waals surface area contributed by atoms with Gasteiger partial charge in [-0.1, -0.05) is 12.1 Å². The van der Waals surface area contributed by atoms with E-state index in [9.17, 15) is 4.79 Å². The van der Waals surface area contributed by atoms with Crippen LogP contribution in [0.4, 0.5) is 0 Å². The first-order valence-electron chi connectivity index (χ1n) is 6.09. The molecule has 4 heteroatoms. The molecule has 0 fully saturated rings. The van der Waals surface area contributed by atoms with Crippen molar-refractivity contribution < 1.29 is 14.6 Å². The van der Waals surface area contributed by atoms with Gasteiger partial charge in [0.25, 0.3) is 0 Å². The van der Waals surface area contributed by atoms with Gasteiger partial charge in [-0.3, -0.25) is 4.90 Å². The number of likely N-dealkylation sites (N-methyl/N-ethyl adjacent to an activating group) is 1. The number of aryl methyl sites for hydroxylation is 2. The molecule has 1 unspecified atom stereocenters. The molecule has 0 radical (unpaired) electrons. The van der Waals surface area contributed by atoms with Gasteiger partial charge in [0.2, 0.25) is 0 Å². The number of carboxylic acids is 1. The number of hydrogen-bond donors (Lipinski definition) is 1. The second-order valence-corrected chi connectivity index (χ2v) is 4.78. The Hall–Kier alpha value is -1.81. The number of aliphatic carboxylic acids is 1. The van der Waals surface area contributed by atoms with E-state index in [1.54, 1.807) is 13.2 Å². The Balaban J connectivity index is 3.23. The minimum Gasteiger partial charge on any atom is -0.496 e. The van der Waals surface area contributed by atoms with Gasteiger partial charge in [0.05, 0.1) is 13.2 Å². The van der Waals surface area contributed by atoms with Gasteiger partial charge in [0, 0.05) is 6.08 Å². The molecule has 0 aliphatic rings. The van der Waals surface area contributed by atoms with Crippen molar-refractivity contribution in [2.75, 3.05) is 21.2 Å². The number of methoxy groups -OCH3 is 1. The lowest BCUT2D eigenvalue weighted by atomic mass is 9.97. The first kappa shape index (κ1) is 15.2. The fraction of sp³-hybridized carbons (Fsp3) is 0.400. The number of carbonyl (C=O) groups is 1. The number of carboxylic acid groups (broad SMARTS) is 1. The third-order valence-corrected chi connectivity index (χ3v) is 3.08. The van der Waals surface area contributed by atoms with Crippen molar-refractivity contribution in [2.24, 2.45) is 0 Å². The highest BCUT2D eigenvalue weighted by atomic mass is 16.5. The Morgan fingerprint density at radius 3 is 2.42 bits per heavy atom. The molecule has 0 aliphatic carbocycles. The van der Waals surface area contributed by atoms with E-state index >= 15 is 0 Å². The standard InChI is InChI=1S/C15H21NO3/c1-10-9-14(19-5)11(2)8-12(10)13(16(3)4)6-7-15(17)18/h6-9,13H,1-5H3,(H,17,18)/b7-6+. The van der Waals surface area contributed by atoms with Crippen molar-refractivity contribution in [2.45, 2.75) is 19.9 Å². The molecule has 0 saturated heterocycles. The lowest BCUT2D eigenvalue weighted by molar-refractivity contribution is -0.131. The van der Waals surface area contributed by atoms with Crippen LogP contribution >= 0.6 is 0 Å². The summed E-state index contributed by atoms with van der Waals surface area (Å²) < 4.78 is 5.29. The zero-order chi connectivity index (χ0) is 14.6. The van der Waals surface area contributed by atoms with E-state index in [-0.39, 0.29) is 6.04 Å². The smallest absolute Gasteiger partial charge is 0.328 e. The highest BCUT2D eigenvalue weighted by molar-refractivity contribution is 5.79. The molecule has 0 amide bonds.